The van der Waals surface area contributed by atoms with Crippen LogP contribution in [0.2, 0.25) is 0 Å². The third-order valence-electron chi connectivity index (χ3n) is 7.27. The first-order chi connectivity index (χ1) is 22.4. The number of aliphatic hydroxyl groups excluding tert-OH is 1. The van der Waals surface area contributed by atoms with E-state index in [9.17, 15) is 15.0 Å². The summed E-state index contributed by atoms with van der Waals surface area (Å²) < 4.78 is 10.4. The topological polar surface area (TPSA) is 115 Å². The van der Waals surface area contributed by atoms with Gasteiger partial charge in [-0.25, -0.2) is 15.0 Å². The molecule has 0 spiro atoms. The summed E-state index contributed by atoms with van der Waals surface area (Å²) in [4.78, 5) is 25.4. The highest BCUT2D eigenvalue weighted by molar-refractivity contribution is 5.73. The average Bonchev–Trinajstić information content (AvgIpc) is 3.10. The van der Waals surface area contributed by atoms with E-state index in [1.165, 1.54) is 13.0 Å². The Balaban J connectivity index is 1.33. The van der Waals surface area contributed by atoms with Gasteiger partial charge in [0.2, 0.25) is 0 Å². The van der Waals surface area contributed by atoms with Crippen molar-refractivity contribution >= 4 is 5.97 Å². The molecule has 0 saturated carbocycles. The molecule has 2 N–H and O–H groups in total. The number of nitrogens with zero attached hydrogens (tertiary/aromatic N) is 3. The van der Waals surface area contributed by atoms with Gasteiger partial charge < -0.3 is 19.7 Å². The van der Waals surface area contributed by atoms with E-state index in [1.807, 2.05) is 84.9 Å². The van der Waals surface area contributed by atoms with E-state index in [2.05, 4.69) is 24.3 Å². The van der Waals surface area contributed by atoms with Gasteiger partial charge in [-0.1, -0.05) is 109 Å². The van der Waals surface area contributed by atoms with Crippen LogP contribution in [0.1, 0.15) is 6.92 Å². The Hall–Kier alpha value is -5.86. The summed E-state index contributed by atoms with van der Waals surface area (Å²) >= 11 is 0. The molecule has 1 unspecified atom stereocenters. The molecule has 8 nitrogen and oxygen atoms in total. The molecule has 6 rings (SSSR count). The number of ether oxygens (including phenoxy) is 2. The SMILES string of the molecule is CC(=O)OCC(O)COc1ccc(-c2nc(-c3ccc(-c4ccccc4)cc3)nc(-c3ccc(-c4ccccc4)cc3)n2)c(O)c1. The number of esters is 1. The maximum absolute atomic E-state index is 11.0. The first kappa shape index (κ1) is 30.2. The van der Waals surface area contributed by atoms with Gasteiger partial charge >= 0.3 is 5.97 Å². The Morgan fingerprint density at radius 1 is 0.609 bits per heavy atom. The van der Waals surface area contributed by atoms with Crippen LogP contribution in [0, 0.1) is 0 Å². The van der Waals surface area contributed by atoms with Crippen LogP contribution in [0.3, 0.4) is 0 Å². The summed E-state index contributed by atoms with van der Waals surface area (Å²) in [6, 6.07) is 41.0. The normalized spacial score (nSPS) is 11.5. The van der Waals surface area contributed by atoms with Crippen LogP contribution in [-0.2, 0) is 9.53 Å². The van der Waals surface area contributed by atoms with Gasteiger partial charge in [0, 0.05) is 24.1 Å². The summed E-state index contributed by atoms with van der Waals surface area (Å²) in [5.41, 5.74) is 6.34. The van der Waals surface area contributed by atoms with E-state index in [-0.39, 0.29) is 19.0 Å². The van der Waals surface area contributed by atoms with Crippen LogP contribution in [-0.4, -0.2) is 50.5 Å². The molecule has 0 saturated heterocycles. The number of hydrogen-bond acceptors (Lipinski definition) is 8. The second-order valence-corrected chi connectivity index (χ2v) is 10.6. The van der Waals surface area contributed by atoms with Crippen LogP contribution in [0.5, 0.6) is 11.5 Å². The van der Waals surface area contributed by atoms with E-state index >= 15 is 0 Å². The fraction of sp³-hybridized carbons (Fsp3) is 0.105. The number of carbonyl (C=O) groups is 1. The van der Waals surface area contributed by atoms with Crippen molar-refractivity contribution < 1.29 is 24.5 Å². The zero-order chi connectivity index (χ0) is 31.9. The van der Waals surface area contributed by atoms with E-state index in [0.29, 0.717) is 28.8 Å². The molecule has 0 fully saturated rings. The van der Waals surface area contributed by atoms with Crippen LogP contribution >= 0.6 is 0 Å². The fourth-order valence-corrected chi connectivity index (χ4v) is 4.88. The number of phenolic OH excluding ortho intramolecular Hbond substituents is 1. The molecule has 228 valence electrons. The van der Waals surface area contributed by atoms with Crippen molar-refractivity contribution in [2.75, 3.05) is 13.2 Å². The summed E-state index contributed by atoms with van der Waals surface area (Å²) in [5, 5.41) is 21.0. The number of aromatic hydroxyl groups is 1. The third kappa shape index (κ3) is 7.26. The second kappa shape index (κ2) is 13.8. The summed E-state index contributed by atoms with van der Waals surface area (Å²) in [7, 11) is 0. The highest BCUT2D eigenvalue weighted by Crippen LogP contribution is 2.33. The minimum absolute atomic E-state index is 0.103. The third-order valence-corrected chi connectivity index (χ3v) is 7.27. The van der Waals surface area contributed by atoms with E-state index in [4.69, 9.17) is 24.4 Å². The molecule has 0 aliphatic rings. The summed E-state index contributed by atoms with van der Waals surface area (Å²) in [6.45, 7) is 0.959. The molecule has 0 radical (unpaired) electrons. The van der Waals surface area contributed by atoms with Gasteiger partial charge in [0.15, 0.2) is 17.5 Å². The molecule has 1 atom stereocenters. The van der Waals surface area contributed by atoms with Gasteiger partial charge in [0.05, 0.1) is 5.56 Å². The van der Waals surface area contributed by atoms with E-state index < -0.39 is 12.1 Å². The number of aliphatic hydroxyl groups is 1. The molecular formula is C38H31N3O5. The van der Waals surface area contributed by atoms with Gasteiger partial charge in [-0.05, 0) is 34.4 Å². The highest BCUT2D eigenvalue weighted by atomic mass is 16.5. The quantitative estimate of drug-likeness (QED) is 0.157. The molecule has 0 bridgehead atoms. The first-order valence-electron chi connectivity index (χ1n) is 14.8. The minimum atomic E-state index is -1.01. The highest BCUT2D eigenvalue weighted by Gasteiger charge is 2.16. The summed E-state index contributed by atoms with van der Waals surface area (Å²) in [5.74, 6) is 0.939. The molecule has 0 aliphatic carbocycles. The van der Waals surface area contributed by atoms with E-state index in [0.717, 1.165) is 33.4 Å². The zero-order valence-electron chi connectivity index (χ0n) is 25.1. The standard InChI is InChI=1S/C38H31N3O5/c1-25(42)45-23-32(43)24-46-33-20-21-34(35(44)22-33)38-40-36(30-16-12-28(13-17-30)26-8-4-2-5-9-26)39-37(41-38)31-18-14-29(15-19-31)27-10-6-3-7-11-27/h2-22,32,43-44H,23-24H2,1H3. The Morgan fingerprint density at radius 2 is 1.07 bits per heavy atom. The smallest absolute Gasteiger partial charge is 0.302 e. The van der Waals surface area contributed by atoms with Crippen molar-refractivity contribution in [2.45, 2.75) is 13.0 Å². The molecule has 5 aromatic carbocycles. The Labute approximate surface area is 266 Å². The number of rotatable bonds is 10. The molecule has 1 heterocycles. The van der Waals surface area contributed by atoms with Gasteiger partial charge in [-0.15, -0.1) is 0 Å². The monoisotopic (exact) mass is 609 g/mol. The predicted molar refractivity (Wildman–Crippen MR) is 177 cm³/mol. The number of carbonyl (C=O) groups excluding carboxylic acids is 1. The Bertz CT molecular complexity index is 1830. The largest absolute Gasteiger partial charge is 0.507 e. The molecule has 46 heavy (non-hydrogen) atoms. The fourth-order valence-electron chi connectivity index (χ4n) is 4.88. The maximum Gasteiger partial charge on any atom is 0.302 e. The molecule has 6 aromatic rings. The number of benzene rings is 5. The van der Waals surface area contributed by atoms with Crippen molar-refractivity contribution in [2.24, 2.45) is 0 Å². The van der Waals surface area contributed by atoms with Crippen LogP contribution in [0.15, 0.2) is 127 Å². The molecule has 8 heteroatoms. The van der Waals surface area contributed by atoms with Gasteiger partial charge in [-0.3, -0.25) is 4.79 Å². The Kier molecular flexibility index (Phi) is 9.08. The number of aromatic nitrogens is 3. The van der Waals surface area contributed by atoms with Crippen LogP contribution in [0.25, 0.3) is 56.4 Å². The van der Waals surface area contributed by atoms with E-state index in [1.54, 1.807) is 12.1 Å². The minimum Gasteiger partial charge on any atom is -0.507 e. The average molecular weight is 610 g/mol. The number of hydrogen-bond donors (Lipinski definition) is 2. The maximum atomic E-state index is 11.0. The first-order valence-corrected chi connectivity index (χ1v) is 14.8. The van der Waals surface area contributed by atoms with Crippen molar-refractivity contribution in [1.82, 2.24) is 15.0 Å². The number of phenols is 1. The lowest BCUT2D eigenvalue weighted by atomic mass is 10.0. The second-order valence-electron chi connectivity index (χ2n) is 10.6. The van der Waals surface area contributed by atoms with Crippen molar-refractivity contribution in [3.8, 4) is 67.9 Å². The van der Waals surface area contributed by atoms with Crippen molar-refractivity contribution in [1.29, 1.82) is 0 Å². The van der Waals surface area contributed by atoms with Crippen molar-refractivity contribution in [3.05, 3.63) is 127 Å². The zero-order valence-corrected chi connectivity index (χ0v) is 25.1. The lowest BCUT2D eigenvalue weighted by Gasteiger charge is -2.13. The molecule has 1 aromatic heterocycles. The Morgan fingerprint density at radius 3 is 1.54 bits per heavy atom. The lowest BCUT2D eigenvalue weighted by molar-refractivity contribution is -0.144. The van der Waals surface area contributed by atoms with Gasteiger partial charge in [0.25, 0.3) is 0 Å². The van der Waals surface area contributed by atoms with Gasteiger partial charge in [-0.2, -0.15) is 0 Å². The lowest BCUT2D eigenvalue weighted by Crippen LogP contribution is -2.24. The van der Waals surface area contributed by atoms with Crippen LogP contribution in [0.4, 0.5) is 0 Å². The predicted octanol–water partition coefficient (Wildman–Crippen LogP) is 7.22. The van der Waals surface area contributed by atoms with Crippen molar-refractivity contribution in [3.63, 3.8) is 0 Å². The van der Waals surface area contributed by atoms with Gasteiger partial charge in [0.1, 0.15) is 30.8 Å². The summed E-state index contributed by atoms with van der Waals surface area (Å²) in [6.07, 6.45) is -1.01. The molecular weight excluding hydrogens is 578 g/mol. The van der Waals surface area contributed by atoms with Crippen LogP contribution < -0.4 is 4.74 Å². The molecule has 0 amide bonds. The molecule has 0 aliphatic heterocycles.